The molecule has 0 atom stereocenters. The van der Waals surface area contributed by atoms with Crippen molar-refractivity contribution in [1.29, 1.82) is 0 Å². The molecule has 1 aliphatic rings. The van der Waals surface area contributed by atoms with Crippen LogP contribution in [0.15, 0.2) is 58.3 Å². The van der Waals surface area contributed by atoms with E-state index in [1.807, 2.05) is 0 Å². The molecule has 7 heteroatoms. The number of ketones is 1. The number of ether oxygens (including phenoxy) is 2. The second-order valence-electron chi connectivity index (χ2n) is 5.28. The number of Topliss-reactive ketones (excluding diaryl/α,β-unsaturated/α-hetero) is 1. The molecular formula is C18H12FNO4S. The van der Waals surface area contributed by atoms with Gasteiger partial charge in [-0.2, -0.15) is 0 Å². The van der Waals surface area contributed by atoms with Crippen LogP contribution in [0.1, 0.15) is 10.4 Å². The van der Waals surface area contributed by atoms with Gasteiger partial charge in [-0.1, -0.05) is 11.8 Å². The quantitative estimate of drug-likeness (QED) is 0.504. The van der Waals surface area contributed by atoms with Crippen molar-refractivity contribution in [2.75, 3.05) is 12.5 Å². The van der Waals surface area contributed by atoms with Crippen LogP contribution < -0.4 is 9.47 Å². The fraction of sp³-hybridized carbons (Fsp3) is 0.111. The molecule has 25 heavy (non-hydrogen) atoms. The molecule has 0 saturated carbocycles. The Bertz CT molecular complexity index is 923. The van der Waals surface area contributed by atoms with Crippen LogP contribution >= 0.6 is 11.8 Å². The lowest BCUT2D eigenvalue weighted by molar-refractivity contribution is 0.102. The minimum absolute atomic E-state index is 0.0650. The normalized spacial score (nSPS) is 12.4. The maximum Gasteiger partial charge on any atom is 0.256 e. The number of rotatable bonds is 5. The number of carbonyl (C=O) groups excluding carboxylic acids is 1. The summed E-state index contributed by atoms with van der Waals surface area (Å²) in [7, 11) is 0. The molecule has 0 spiro atoms. The van der Waals surface area contributed by atoms with Gasteiger partial charge in [-0.3, -0.25) is 4.79 Å². The van der Waals surface area contributed by atoms with Gasteiger partial charge in [0.15, 0.2) is 23.0 Å². The predicted molar refractivity (Wildman–Crippen MR) is 89.5 cm³/mol. The van der Waals surface area contributed by atoms with Crippen molar-refractivity contribution < 1.29 is 23.1 Å². The van der Waals surface area contributed by atoms with Gasteiger partial charge in [0.2, 0.25) is 6.79 Å². The number of benzene rings is 2. The zero-order chi connectivity index (χ0) is 17.2. The van der Waals surface area contributed by atoms with E-state index in [0.29, 0.717) is 28.0 Å². The number of nitrogens with zero attached hydrogens (tertiary/aromatic N) is 1. The van der Waals surface area contributed by atoms with Gasteiger partial charge in [-0.15, -0.1) is 0 Å². The van der Waals surface area contributed by atoms with Crippen LogP contribution in [0.5, 0.6) is 11.5 Å². The van der Waals surface area contributed by atoms with E-state index in [4.69, 9.17) is 13.9 Å². The number of halogens is 1. The molecule has 4 rings (SSSR count). The molecule has 126 valence electrons. The fourth-order valence-corrected chi connectivity index (χ4v) is 3.05. The van der Waals surface area contributed by atoms with Gasteiger partial charge >= 0.3 is 0 Å². The minimum Gasteiger partial charge on any atom is -0.454 e. The largest absolute Gasteiger partial charge is 0.454 e. The summed E-state index contributed by atoms with van der Waals surface area (Å²) in [4.78, 5) is 16.4. The Morgan fingerprint density at radius 1 is 1.12 bits per heavy atom. The van der Waals surface area contributed by atoms with Crippen molar-refractivity contribution in [2.24, 2.45) is 0 Å². The van der Waals surface area contributed by atoms with Crippen molar-refractivity contribution in [2.45, 2.75) is 5.22 Å². The zero-order valence-electron chi connectivity index (χ0n) is 12.9. The molecule has 5 nitrogen and oxygen atoms in total. The van der Waals surface area contributed by atoms with E-state index in [-0.39, 0.29) is 24.1 Å². The molecule has 0 bridgehead atoms. The Morgan fingerprint density at radius 3 is 2.76 bits per heavy atom. The maximum atomic E-state index is 13.0. The standard InChI is InChI=1S/C18H12FNO4S/c19-13-4-1-11(2-5-13)17-8-20-18(24-17)25-9-14(21)12-3-6-15-16(7-12)23-10-22-15/h1-8H,9-10H2. The van der Waals surface area contributed by atoms with Crippen molar-refractivity contribution in [3.05, 3.63) is 60.0 Å². The Labute approximate surface area is 146 Å². The Morgan fingerprint density at radius 2 is 1.92 bits per heavy atom. The van der Waals surface area contributed by atoms with E-state index < -0.39 is 0 Å². The molecule has 3 aromatic rings. The molecule has 0 fully saturated rings. The average molecular weight is 357 g/mol. The number of thioether (sulfide) groups is 1. The molecule has 0 amide bonds. The van der Waals surface area contributed by atoms with E-state index in [1.165, 1.54) is 23.9 Å². The van der Waals surface area contributed by atoms with Crippen LogP contribution in [-0.2, 0) is 0 Å². The average Bonchev–Trinajstić information content (AvgIpc) is 3.29. The van der Waals surface area contributed by atoms with Crippen LogP contribution in [0.4, 0.5) is 4.39 Å². The SMILES string of the molecule is O=C(CSc1ncc(-c2ccc(F)cc2)o1)c1ccc2c(c1)OCO2. The van der Waals surface area contributed by atoms with E-state index in [2.05, 4.69) is 4.98 Å². The molecule has 1 aliphatic heterocycles. The van der Waals surface area contributed by atoms with Crippen molar-refractivity contribution in [3.63, 3.8) is 0 Å². The van der Waals surface area contributed by atoms with Gasteiger partial charge < -0.3 is 13.9 Å². The third kappa shape index (κ3) is 3.36. The van der Waals surface area contributed by atoms with Crippen molar-refractivity contribution >= 4 is 17.5 Å². The molecule has 0 radical (unpaired) electrons. The summed E-state index contributed by atoms with van der Waals surface area (Å²) in [5.41, 5.74) is 1.27. The van der Waals surface area contributed by atoms with Gasteiger partial charge in [0, 0.05) is 11.1 Å². The third-order valence-corrected chi connectivity index (χ3v) is 4.48. The fourth-order valence-electron chi connectivity index (χ4n) is 2.35. The first-order chi connectivity index (χ1) is 12.2. The molecule has 2 aromatic carbocycles. The summed E-state index contributed by atoms with van der Waals surface area (Å²) in [6, 6.07) is 11.0. The topological polar surface area (TPSA) is 61.6 Å². The van der Waals surface area contributed by atoms with E-state index in [1.54, 1.807) is 36.5 Å². The minimum atomic E-state index is -0.313. The highest BCUT2D eigenvalue weighted by atomic mass is 32.2. The summed E-state index contributed by atoms with van der Waals surface area (Å²) < 4.78 is 29.1. The second kappa shape index (κ2) is 6.60. The van der Waals surface area contributed by atoms with Crippen LogP contribution in [0.2, 0.25) is 0 Å². The monoisotopic (exact) mass is 357 g/mol. The van der Waals surface area contributed by atoms with Gasteiger partial charge in [0.25, 0.3) is 5.22 Å². The van der Waals surface area contributed by atoms with Crippen LogP contribution in [0.3, 0.4) is 0 Å². The lowest BCUT2D eigenvalue weighted by Crippen LogP contribution is -2.02. The number of oxazole rings is 1. The van der Waals surface area contributed by atoms with Crippen molar-refractivity contribution in [3.8, 4) is 22.8 Å². The molecule has 2 heterocycles. The predicted octanol–water partition coefficient (Wildman–Crippen LogP) is 4.18. The van der Waals surface area contributed by atoms with Gasteiger partial charge in [-0.25, -0.2) is 9.37 Å². The van der Waals surface area contributed by atoms with E-state index >= 15 is 0 Å². The molecule has 0 unspecified atom stereocenters. The molecule has 0 aliphatic carbocycles. The molecule has 0 saturated heterocycles. The van der Waals surface area contributed by atoms with Crippen LogP contribution in [-0.4, -0.2) is 23.3 Å². The first kappa shape index (κ1) is 15.7. The number of hydrogen-bond donors (Lipinski definition) is 0. The maximum absolute atomic E-state index is 13.0. The number of aromatic nitrogens is 1. The molecule has 0 N–H and O–H groups in total. The zero-order valence-corrected chi connectivity index (χ0v) is 13.7. The summed E-state index contributed by atoms with van der Waals surface area (Å²) in [5.74, 6) is 1.55. The Hall–Kier alpha value is -2.80. The number of carbonyl (C=O) groups is 1. The highest BCUT2D eigenvalue weighted by Crippen LogP contribution is 2.33. The first-order valence-corrected chi connectivity index (χ1v) is 8.45. The summed E-state index contributed by atoms with van der Waals surface area (Å²) in [6.45, 7) is 0.171. The van der Waals surface area contributed by atoms with Gasteiger partial charge in [-0.05, 0) is 42.5 Å². The highest BCUT2D eigenvalue weighted by molar-refractivity contribution is 7.99. The number of hydrogen-bond acceptors (Lipinski definition) is 6. The summed E-state index contributed by atoms with van der Waals surface area (Å²) >= 11 is 1.20. The van der Waals surface area contributed by atoms with E-state index in [0.717, 1.165) is 5.56 Å². The van der Waals surface area contributed by atoms with Crippen LogP contribution in [0, 0.1) is 5.82 Å². The second-order valence-corrected chi connectivity index (χ2v) is 6.20. The van der Waals surface area contributed by atoms with E-state index in [9.17, 15) is 9.18 Å². The summed E-state index contributed by atoms with van der Waals surface area (Å²) in [5, 5.41) is 0.383. The Balaban J connectivity index is 1.41. The number of fused-ring (bicyclic) bond motifs is 1. The third-order valence-electron chi connectivity index (χ3n) is 3.63. The lowest BCUT2D eigenvalue weighted by Gasteiger charge is -2.01. The Kier molecular flexibility index (Phi) is 4.15. The van der Waals surface area contributed by atoms with Gasteiger partial charge in [0.1, 0.15) is 5.82 Å². The van der Waals surface area contributed by atoms with Gasteiger partial charge in [0.05, 0.1) is 11.9 Å². The smallest absolute Gasteiger partial charge is 0.256 e. The first-order valence-electron chi connectivity index (χ1n) is 7.46. The molecule has 1 aromatic heterocycles. The van der Waals surface area contributed by atoms with Crippen molar-refractivity contribution in [1.82, 2.24) is 4.98 Å². The lowest BCUT2D eigenvalue weighted by atomic mass is 10.1. The van der Waals surface area contributed by atoms with Crippen LogP contribution in [0.25, 0.3) is 11.3 Å². The highest BCUT2D eigenvalue weighted by Gasteiger charge is 2.17. The molecular weight excluding hydrogens is 345 g/mol. The summed E-state index contributed by atoms with van der Waals surface area (Å²) in [6.07, 6.45) is 1.56.